The lowest BCUT2D eigenvalue weighted by Gasteiger charge is -2.19. The van der Waals surface area contributed by atoms with Crippen molar-refractivity contribution in [2.24, 2.45) is 0 Å². The highest BCUT2D eigenvalue weighted by molar-refractivity contribution is 7.28. The molecule has 0 unspecified atom stereocenters. The number of rotatable bonds is 3. The standard InChI is InChI=1S/C44H26S2/c1-2-13-28(14-3-1)39-25-36-40(45-39)26-37(43-35-20-10-11-21-38(35)46-44(36)43)42-33-18-8-6-16-31(33)41(32-17-7-9-19-34(32)42)30-23-22-27-12-4-5-15-29(27)24-30/h1-26H. The van der Waals surface area contributed by atoms with Crippen LogP contribution < -0.4 is 0 Å². The predicted octanol–water partition coefficient (Wildman–Crippen LogP) is 13.7. The van der Waals surface area contributed by atoms with Crippen molar-refractivity contribution in [3.63, 3.8) is 0 Å². The van der Waals surface area contributed by atoms with Crippen molar-refractivity contribution in [1.29, 1.82) is 0 Å². The molecule has 10 aromatic rings. The van der Waals surface area contributed by atoms with Gasteiger partial charge in [-0.2, -0.15) is 0 Å². The second kappa shape index (κ2) is 10.1. The highest BCUT2D eigenvalue weighted by Crippen LogP contribution is 2.51. The van der Waals surface area contributed by atoms with Crippen molar-refractivity contribution in [3.8, 4) is 32.7 Å². The molecule has 0 saturated carbocycles. The molecule has 214 valence electrons. The third kappa shape index (κ3) is 3.84. The van der Waals surface area contributed by atoms with Crippen LogP contribution in [0.25, 0.3) is 95.3 Å². The van der Waals surface area contributed by atoms with Gasteiger partial charge in [-0.15, -0.1) is 22.7 Å². The van der Waals surface area contributed by atoms with E-state index >= 15 is 0 Å². The molecule has 0 fully saturated rings. The van der Waals surface area contributed by atoms with Crippen LogP contribution >= 0.6 is 22.7 Å². The molecule has 0 atom stereocenters. The third-order valence-electron chi connectivity index (χ3n) is 9.44. The maximum atomic E-state index is 2.48. The van der Waals surface area contributed by atoms with E-state index in [0.29, 0.717) is 0 Å². The van der Waals surface area contributed by atoms with Crippen LogP contribution in [0.4, 0.5) is 0 Å². The van der Waals surface area contributed by atoms with Gasteiger partial charge in [-0.1, -0.05) is 133 Å². The van der Waals surface area contributed by atoms with Gasteiger partial charge in [0.15, 0.2) is 0 Å². The Morgan fingerprint density at radius 1 is 0.348 bits per heavy atom. The summed E-state index contributed by atoms with van der Waals surface area (Å²) >= 11 is 3.83. The molecule has 0 bridgehead atoms. The summed E-state index contributed by atoms with van der Waals surface area (Å²) in [6, 6.07) is 58.3. The van der Waals surface area contributed by atoms with Crippen LogP contribution in [0.3, 0.4) is 0 Å². The third-order valence-corrected chi connectivity index (χ3v) is 11.8. The van der Waals surface area contributed by atoms with E-state index in [2.05, 4.69) is 158 Å². The predicted molar refractivity (Wildman–Crippen MR) is 204 cm³/mol. The minimum absolute atomic E-state index is 1.25. The lowest BCUT2D eigenvalue weighted by atomic mass is 9.84. The Hall–Kier alpha value is -5.28. The average Bonchev–Trinajstić information content (AvgIpc) is 3.73. The van der Waals surface area contributed by atoms with Gasteiger partial charge in [0.05, 0.1) is 0 Å². The molecule has 2 aromatic heterocycles. The molecule has 2 heterocycles. The highest BCUT2D eigenvalue weighted by Gasteiger charge is 2.22. The quantitative estimate of drug-likeness (QED) is 0.173. The lowest BCUT2D eigenvalue weighted by molar-refractivity contribution is 1.69. The molecule has 0 N–H and O–H groups in total. The summed E-state index contributed by atoms with van der Waals surface area (Å²) < 4.78 is 4.04. The first-order valence-corrected chi connectivity index (χ1v) is 17.3. The van der Waals surface area contributed by atoms with Gasteiger partial charge in [-0.05, 0) is 84.4 Å². The molecule has 0 saturated heterocycles. The topological polar surface area (TPSA) is 0 Å². The molecular formula is C44H26S2. The van der Waals surface area contributed by atoms with Crippen LogP contribution in [0.5, 0.6) is 0 Å². The number of benzene rings is 8. The smallest absolute Gasteiger partial charge is 0.0448 e. The van der Waals surface area contributed by atoms with Crippen LogP contribution in [0.2, 0.25) is 0 Å². The monoisotopic (exact) mass is 618 g/mol. The molecule has 8 aromatic carbocycles. The first kappa shape index (κ1) is 26.0. The molecule has 0 aliphatic rings. The van der Waals surface area contributed by atoms with Crippen LogP contribution in [0.1, 0.15) is 0 Å². The molecule has 0 spiro atoms. The minimum atomic E-state index is 1.25. The number of hydrogen-bond acceptors (Lipinski definition) is 2. The maximum Gasteiger partial charge on any atom is 0.0448 e. The molecule has 0 radical (unpaired) electrons. The van der Waals surface area contributed by atoms with E-state index in [-0.39, 0.29) is 0 Å². The van der Waals surface area contributed by atoms with E-state index < -0.39 is 0 Å². The molecular weight excluding hydrogens is 593 g/mol. The van der Waals surface area contributed by atoms with Crippen LogP contribution in [-0.4, -0.2) is 0 Å². The van der Waals surface area contributed by atoms with Gasteiger partial charge in [0, 0.05) is 35.1 Å². The largest absolute Gasteiger partial charge is 0.135 e. The van der Waals surface area contributed by atoms with Crippen LogP contribution in [-0.2, 0) is 0 Å². The zero-order chi connectivity index (χ0) is 30.2. The molecule has 0 amide bonds. The van der Waals surface area contributed by atoms with Gasteiger partial charge < -0.3 is 0 Å². The lowest BCUT2D eigenvalue weighted by Crippen LogP contribution is -1.91. The summed E-state index contributed by atoms with van der Waals surface area (Å²) in [6.45, 7) is 0. The summed E-state index contributed by atoms with van der Waals surface area (Å²) in [4.78, 5) is 1.31. The van der Waals surface area contributed by atoms with Gasteiger partial charge in [0.25, 0.3) is 0 Å². The summed E-state index contributed by atoms with van der Waals surface area (Å²) in [5.74, 6) is 0. The Bertz CT molecular complexity index is 2740. The van der Waals surface area contributed by atoms with Crippen molar-refractivity contribution in [2.75, 3.05) is 0 Å². The molecule has 0 aliphatic heterocycles. The molecule has 0 aliphatic carbocycles. The summed E-state index contributed by atoms with van der Waals surface area (Å²) in [5.41, 5.74) is 6.47. The summed E-state index contributed by atoms with van der Waals surface area (Å²) in [6.07, 6.45) is 0. The Morgan fingerprint density at radius 2 is 0.957 bits per heavy atom. The van der Waals surface area contributed by atoms with Crippen molar-refractivity contribution in [3.05, 3.63) is 158 Å². The van der Waals surface area contributed by atoms with Gasteiger partial charge in [-0.25, -0.2) is 0 Å². The van der Waals surface area contributed by atoms with Crippen molar-refractivity contribution >= 4 is 85.2 Å². The second-order valence-electron chi connectivity index (χ2n) is 12.0. The number of fused-ring (bicyclic) bond motifs is 8. The Morgan fingerprint density at radius 3 is 1.70 bits per heavy atom. The summed E-state index contributed by atoms with van der Waals surface area (Å²) in [5, 5.41) is 11.7. The van der Waals surface area contributed by atoms with Crippen molar-refractivity contribution in [1.82, 2.24) is 0 Å². The highest BCUT2D eigenvalue weighted by atomic mass is 32.1. The second-order valence-corrected chi connectivity index (χ2v) is 14.2. The van der Waals surface area contributed by atoms with Gasteiger partial charge >= 0.3 is 0 Å². The minimum Gasteiger partial charge on any atom is -0.135 e. The van der Waals surface area contributed by atoms with E-state index in [1.807, 2.05) is 22.7 Å². The number of thiophene rings is 2. The first-order valence-electron chi connectivity index (χ1n) is 15.7. The number of hydrogen-bond donors (Lipinski definition) is 0. The van der Waals surface area contributed by atoms with Gasteiger partial charge in [0.1, 0.15) is 0 Å². The van der Waals surface area contributed by atoms with Gasteiger partial charge in [0.2, 0.25) is 0 Å². The molecule has 2 heteroatoms. The zero-order valence-corrected chi connectivity index (χ0v) is 26.5. The van der Waals surface area contributed by atoms with Crippen LogP contribution in [0, 0.1) is 0 Å². The fraction of sp³-hybridized carbons (Fsp3) is 0. The van der Waals surface area contributed by atoms with E-state index in [1.54, 1.807) is 0 Å². The maximum absolute atomic E-state index is 2.48. The summed E-state index contributed by atoms with van der Waals surface area (Å²) in [7, 11) is 0. The average molecular weight is 619 g/mol. The Balaban J connectivity index is 1.36. The van der Waals surface area contributed by atoms with E-state index in [1.165, 1.54) is 95.3 Å². The van der Waals surface area contributed by atoms with Crippen LogP contribution in [0.15, 0.2) is 158 Å². The Kier molecular flexibility index (Phi) is 5.72. The van der Waals surface area contributed by atoms with Gasteiger partial charge in [-0.3, -0.25) is 0 Å². The SMILES string of the molecule is c1ccc(-c2cc3c(cc(-c4c5ccccc5c(-c5ccc6ccccc6c5)c5ccccc45)c4c5ccccc5sc34)s2)cc1. The first-order chi connectivity index (χ1) is 22.8. The van der Waals surface area contributed by atoms with Crippen molar-refractivity contribution < 1.29 is 0 Å². The molecule has 0 nitrogen and oxygen atoms in total. The van der Waals surface area contributed by atoms with E-state index in [4.69, 9.17) is 0 Å². The fourth-order valence-corrected chi connectivity index (χ4v) is 9.84. The fourth-order valence-electron chi connectivity index (χ4n) is 7.41. The normalized spacial score (nSPS) is 11.9. The molecule has 10 rings (SSSR count). The Labute approximate surface area is 274 Å². The zero-order valence-electron chi connectivity index (χ0n) is 24.8. The van der Waals surface area contributed by atoms with Crippen molar-refractivity contribution in [2.45, 2.75) is 0 Å². The van der Waals surface area contributed by atoms with E-state index in [9.17, 15) is 0 Å². The van der Waals surface area contributed by atoms with E-state index in [0.717, 1.165) is 0 Å². The molecule has 46 heavy (non-hydrogen) atoms.